The van der Waals surface area contributed by atoms with Crippen LogP contribution in [-0.4, -0.2) is 31.7 Å². The molecule has 2 aromatic carbocycles. The molecule has 3 aromatic rings. The van der Waals surface area contributed by atoms with Gasteiger partial charge in [-0.25, -0.2) is 4.79 Å². The Hall–Kier alpha value is -4.53. The molecule has 9 nitrogen and oxygen atoms in total. The van der Waals surface area contributed by atoms with Crippen LogP contribution in [0, 0.1) is 0 Å². The zero-order valence-corrected chi connectivity index (χ0v) is 16.9. The summed E-state index contributed by atoms with van der Waals surface area (Å²) in [7, 11) is 1.28. The highest BCUT2D eigenvalue weighted by atomic mass is 16.7. The Bertz CT molecular complexity index is 1180. The molecule has 32 heavy (non-hydrogen) atoms. The lowest BCUT2D eigenvalue weighted by Gasteiger charge is -2.11. The minimum Gasteiger partial charge on any atom is -0.465 e. The van der Waals surface area contributed by atoms with Gasteiger partial charge in [-0.1, -0.05) is 6.07 Å². The minimum atomic E-state index is -0.585. The summed E-state index contributed by atoms with van der Waals surface area (Å²) in [6.45, 7) is 0.118. The Morgan fingerprint density at radius 1 is 1.00 bits per heavy atom. The maximum absolute atomic E-state index is 13.0. The van der Waals surface area contributed by atoms with Gasteiger partial charge in [-0.2, -0.15) is 0 Å². The van der Waals surface area contributed by atoms with Crippen LogP contribution in [-0.2, 0) is 9.53 Å². The number of fused-ring (bicyclic) bond motifs is 1. The molecule has 2 N–H and O–H groups in total. The number of esters is 1. The summed E-state index contributed by atoms with van der Waals surface area (Å²) in [5, 5.41) is 5.25. The average Bonchev–Trinajstić information content (AvgIpc) is 3.50. The van der Waals surface area contributed by atoms with E-state index in [1.165, 1.54) is 37.6 Å². The van der Waals surface area contributed by atoms with Crippen LogP contribution in [0.2, 0.25) is 0 Å². The summed E-state index contributed by atoms with van der Waals surface area (Å²) < 4.78 is 20.4. The molecule has 0 radical (unpaired) electrons. The smallest absolute Gasteiger partial charge is 0.337 e. The van der Waals surface area contributed by atoms with Crippen LogP contribution >= 0.6 is 0 Å². The molecule has 0 fully saturated rings. The summed E-state index contributed by atoms with van der Waals surface area (Å²) in [5.41, 5.74) is 1.35. The van der Waals surface area contributed by atoms with Crippen molar-refractivity contribution in [3.63, 3.8) is 0 Å². The number of hydrogen-bond donors (Lipinski definition) is 2. The van der Waals surface area contributed by atoms with Gasteiger partial charge in [0.1, 0.15) is 5.70 Å². The molecule has 2 heterocycles. The first-order valence-corrected chi connectivity index (χ1v) is 9.49. The van der Waals surface area contributed by atoms with Crippen molar-refractivity contribution >= 4 is 29.5 Å². The fraction of sp³-hybridized carbons (Fsp3) is 0.0870. The molecule has 0 unspecified atom stereocenters. The first-order valence-electron chi connectivity index (χ1n) is 9.49. The van der Waals surface area contributed by atoms with Crippen molar-refractivity contribution in [2.45, 2.75) is 0 Å². The number of carbonyl (C=O) groups is 3. The van der Waals surface area contributed by atoms with Gasteiger partial charge >= 0.3 is 5.97 Å². The molecular weight excluding hydrogens is 416 g/mol. The lowest BCUT2D eigenvalue weighted by atomic mass is 10.1. The van der Waals surface area contributed by atoms with Gasteiger partial charge in [-0.3, -0.25) is 9.59 Å². The molecule has 1 aliphatic rings. The van der Waals surface area contributed by atoms with Gasteiger partial charge in [0.15, 0.2) is 17.3 Å². The molecule has 1 aromatic heterocycles. The van der Waals surface area contributed by atoms with Gasteiger partial charge in [0.25, 0.3) is 11.8 Å². The van der Waals surface area contributed by atoms with Gasteiger partial charge in [0.05, 0.1) is 18.9 Å². The number of hydrogen-bond acceptors (Lipinski definition) is 7. The molecule has 1 aliphatic heterocycles. The van der Waals surface area contributed by atoms with E-state index in [2.05, 4.69) is 15.4 Å². The summed E-state index contributed by atoms with van der Waals surface area (Å²) in [4.78, 5) is 37.0. The highest BCUT2D eigenvalue weighted by Gasteiger charge is 2.18. The molecule has 9 heteroatoms. The Labute approximate surface area is 182 Å². The Kier molecular flexibility index (Phi) is 5.89. The Balaban J connectivity index is 1.58. The summed E-state index contributed by atoms with van der Waals surface area (Å²) >= 11 is 0. The van der Waals surface area contributed by atoms with E-state index in [9.17, 15) is 14.4 Å². The topological polar surface area (TPSA) is 116 Å². The van der Waals surface area contributed by atoms with E-state index in [1.54, 1.807) is 36.4 Å². The van der Waals surface area contributed by atoms with Gasteiger partial charge in [-0.05, 0) is 60.2 Å². The molecule has 0 saturated heterocycles. The number of benzene rings is 2. The third kappa shape index (κ3) is 4.62. The fourth-order valence-electron chi connectivity index (χ4n) is 2.93. The molecule has 0 saturated carbocycles. The largest absolute Gasteiger partial charge is 0.465 e. The number of carbonyl (C=O) groups excluding carboxylic acids is 3. The second kappa shape index (κ2) is 9.09. The second-order valence-electron chi connectivity index (χ2n) is 6.63. The molecular formula is C23H18N2O7. The van der Waals surface area contributed by atoms with Gasteiger partial charge in [0.2, 0.25) is 6.79 Å². The van der Waals surface area contributed by atoms with Crippen molar-refractivity contribution in [1.29, 1.82) is 0 Å². The predicted octanol–water partition coefficient (Wildman–Crippen LogP) is 3.20. The lowest BCUT2D eigenvalue weighted by molar-refractivity contribution is -0.113. The number of rotatable bonds is 6. The number of amides is 2. The van der Waals surface area contributed by atoms with Crippen molar-refractivity contribution in [2.24, 2.45) is 0 Å². The summed E-state index contributed by atoms with van der Waals surface area (Å²) in [6.07, 6.45) is 2.86. The van der Waals surface area contributed by atoms with E-state index < -0.39 is 17.8 Å². The average molecular weight is 434 g/mol. The standard InChI is InChI=1S/C23H18N2O7/c1-29-23(28)15-5-7-16(8-6-15)24-21(26)17(25-22(27)19-3-2-10-30-19)11-14-4-9-18-20(12-14)32-13-31-18/h2-12H,13H2,1H3,(H,24,26)(H,25,27)/b17-11+. The number of methoxy groups -OCH3 is 1. The third-order valence-electron chi connectivity index (χ3n) is 4.51. The van der Waals surface area contributed by atoms with Crippen molar-refractivity contribution < 1.29 is 33.0 Å². The maximum Gasteiger partial charge on any atom is 0.337 e. The zero-order valence-electron chi connectivity index (χ0n) is 16.9. The van der Waals surface area contributed by atoms with Gasteiger partial charge in [0, 0.05) is 5.69 Å². The first-order chi connectivity index (χ1) is 15.5. The Morgan fingerprint density at radius 2 is 1.78 bits per heavy atom. The van der Waals surface area contributed by atoms with E-state index in [-0.39, 0.29) is 18.3 Å². The summed E-state index contributed by atoms with van der Waals surface area (Å²) in [6, 6.07) is 14.3. The predicted molar refractivity (Wildman–Crippen MR) is 113 cm³/mol. The van der Waals surface area contributed by atoms with E-state index >= 15 is 0 Å². The minimum absolute atomic E-state index is 0.0256. The maximum atomic E-state index is 13.0. The summed E-state index contributed by atoms with van der Waals surface area (Å²) in [5.74, 6) is -0.465. The van der Waals surface area contributed by atoms with Crippen LogP contribution in [0.3, 0.4) is 0 Å². The SMILES string of the molecule is COC(=O)c1ccc(NC(=O)/C(=C\c2ccc3c(c2)OCO3)NC(=O)c2ccco2)cc1. The molecule has 0 aliphatic carbocycles. The van der Waals surface area contributed by atoms with Crippen LogP contribution in [0.15, 0.2) is 71.0 Å². The van der Waals surface area contributed by atoms with E-state index in [1.807, 2.05) is 0 Å². The first kappa shape index (κ1) is 20.7. The second-order valence-corrected chi connectivity index (χ2v) is 6.63. The van der Waals surface area contributed by atoms with Gasteiger partial charge in [-0.15, -0.1) is 0 Å². The number of anilines is 1. The highest BCUT2D eigenvalue weighted by molar-refractivity contribution is 6.10. The number of ether oxygens (including phenoxy) is 3. The van der Waals surface area contributed by atoms with Crippen LogP contribution in [0.5, 0.6) is 11.5 Å². The molecule has 162 valence electrons. The normalized spacial score (nSPS) is 12.2. The molecule has 0 bridgehead atoms. The monoisotopic (exact) mass is 434 g/mol. The molecule has 0 spiro atoms. The molecule has 2 amide bonds. The van der Waals surface area contributed by atoms with E-state index in [4.69, 9.17) is 13.9 Å². The lowest BCUT2D eigenvalue weighted by Crippen LogP contribution is -2.30. The van der Waals surface area contributed by atoms with Crippen LogP contribution in [0.4, 0.5) is 5.69 Å². The fourth-order valence-corrected chi connectivity index (χ4v) is 2.93. The van der Waals surface area contributed by atoms with Crippen LogP contribution in [0.25, 0.3) is 6.08 Å². The van der Waals surface area contributed by atoms with Crippen LogP contribution in [0.1, 0.15) is 26.5 Å². The van der Waals surface area contributed by atoms with Crippen molar-refractivity contribution in [1.82, 2.24) is 5.32 Å². The van der Waals surface area contributed by atoms with Gasteiger partial charge < -0.3 is 29.3 Å². The van der Waals surface area contributed by atoms with E-state index in [0.29, 0.717) is 28.3 Å². The molecule has 4 rings (SSSR count). The zero-order chi connectivity index (χ0) is 22.5. The van der Waals surface area contributed by atoms with Crippen molar-refractivity contribution in [3.05, 3.63) is 83.4 Å². The van der Waals surface area contributed by atoms with Crippen LogP contribution < -0.4 is 20.1 Å². The highest BCUT2D eigenvalue weighted by Crippen LogP contribution is 2.33. The number of nitrogens with one attached hydrogen (secondary N) is 2. The van der Waals surface area contributed by atoms with Crippen molar-refractivity contribution in [3.8, 4) is 11.5 Å². The third-order valence-corrected chi connectivity index (χ3v) is 4.51. The van der Waals surface area contributed by atoms with E-state index in [0.717, 1.165) is 0 Å². The molecule has 0 atom stereocenters. The number of furan rings is 1. The van der Waals surface area contributed by atoms with Crippen molar-refractivity contribution in [2.75, 3.05) is 19.2 Å². The quantitative estimate of drug-likeness (QED) is 0.452. The Morgan fingerprint density at radius 3 is 2.50 bits per heavy atom.